The van der Waals surface area contributed by atoms with Crippen LogP contribution in [0.25, 0.3) is 0 Å². The first-order valence-electron chi connectivity index (χ1n) is 4.51. The molecule has 2 heterocycles. The van der Waals surface area contributed by atoms with Gasteiger partial charge in [0.15, 0.2) is 0 Å². The number of nitrogens with zero attached hydrogens (tertiary/aromatic N) is 3. The fourth-order valence-electron chi connectivity index (χ4n) is 1.47. The first-order valence-corrected chi connectivity index (χ1v) is 5.39. The maximum absolute atomic E-state index is 11.7. The van der Waals surface area contributed by atoms with E-state index < -0.39 is 0 Å². The highest BCUT2D eigenvalue weighted by Crippen LogP contribution is 2.14. The Kier molecular flexibility index (Phi) is 2.74. The molecule has 14 heavy (non-hydrogen) atoms. The maximum Gasteiger partial charge on any atom is 0.284 e. The Morgan fingerprint density at radius 2 is 2.29 bits per heavy atom. The first-order chi connectivity index (χ1) is 6.77. The van der Waals surface area contributed by atoms with E-state index >= 15 is 0 Å². The van der Waals surface area contributed by atoms with Gasteiger partial charge in [-0.3, -0.25) is 4.79 Å². The summed E-state index contributed by atoms with van der Waals surface area (Å²) < 4.78 is 0. The molecule has 0 atom stereocenters. The molecule has 6 heteroatoms. The van der Waals surface area contributed by atoms with Crippen molar-refractivity contribution >= 4 is 17.2 Å². The van der Waals surface area contributed by atoms with Gasteiger partial charge in [0.1, 0.15) is 5.51 Å². The number of aromatic nitrogens is 2. The second-order valence-electron chi connectivity index (χ2n) is 3.27. The van der Waals surface area contributed by atoms with Crippen molar-refractivity contribution in [2.75, 3.05) is 13.1 Å². The molecular weight excluding hydrogens is 202 g/mol. The van der Waals surface area contributed by atoms with Gasteiger partial charge in [-0.1, -0.05) is 11.3 Å². The summed E-state index contributed by atoms with van der Waals surface area (Å²) in [4.78, 5) is 13.4. The molecule has 1 N–H and O–H groups in total. The molecule has 1 aromatic rings. The predicted molar refractivity (Wildman–Crippen MR) is 51.1 cm³/mol. The summed E-state index contributed by atoms with van der Waals surface area (Å²) in [7, 11) is 0. The van der Waals surface area contributed by atoms with Crippen LogP contribution in [0.1, 0.15) is 22.6 Å². The Morgan fingerprint density at radius 3 is 2.86 bits per heavy atom. The standard InChI is InChI=1S/C8H11N3O2S/c12-6-1-3-11(4-2-6)8(13)7-10-9-5-14-7/h5-6,12H,1-4H2. The lowest BCUT2D eigenvalue weighted by Gasteiger charge is -2.28. The van der Waals surface area contributed by atoms with Crippen molar-refractivity contribution in [3.63, 3.8) is 0 Å². The Labute approximate surface area is 85.4 Å². The fourth-order valence-corrected chi connectivity index (χ4v) is 1.99. The molecule has 1 amide bonds. The zero-order chi connectivity index (χ0) is 9.97. The van der Waals surface area contributed by atoms with E-state index in [9.17, 15) is 9.90 Å². The van der Waals surface area contributed by atoms with Crippen molar-refractivity contribution in [2.24, 2.45) is 0 Å². The van der Waals surface area contributed by atoms with Gasteiger partial charge in [0.05, 0.1) is 6.10 Å². The van der Waals surface area contributed by atoms with E-state index in [2.05, 4.69) is 10.2 Å². The van der Waals surface area contributed by atoms with Crippen molar-refractivity contribution in [3.05, 3.63) is 10.5 Å². The summed E-state index contributed by atoms with van der Waals surface area (Å²) in [6.45, 7) is 1.22. The van der Waals surface area contributed by atoms with Crippen LogP contribution in [0.3, 0.4) is 0 Å². The molecule has 0 radical (unpaired) electrons. The number of hydrogen-bond acceptors (Lipinski definition) is 5. The molecule has 76 valence electrons. The topological polar surface area (TPSA) is 66.3 Å². The minimum absolute atomic E-state index is 0.0700. The fraction of sp³-hybridized carbons (Fsp3) is 0.625. The molecule has 0 bridgehead atoms. The number of likely N-dealkylation sites (tertiary alicyclic amines) is 1. The zero-order valence-corrected chi connectivity index (χ0v) is 8.40. The van der Waals surface area contributed by atoms with Crippen LogP contribution in [0.15, 0.2) is 5.51 Å². The van der Waals surface area contributed by atoms with E-state index in [0.717, 1.165) is 0 Å². The van der Waals surface area contributed by atoms with Gasteiger partial charge in [-0.05, 0) is 12.8 Å². The minimum atomic E-state index is -0.256. The smallest absolute Gasteiger partial charge is 0.284 e. The summed E-state index contributed by atoms with van der Waals surface area (Å²) in [5.41, 5.74) is 1.55. The van der Waals surface area contributed by atoms with Crippen LogP contribution < -0.4 is 0 Å². The number of hydrogen-bond donors (Lipinski definition) is 1. The number of piperidine rings is 1. The zero-order valence-electron chi connectivity index (χ0n) is 7.59. The van der Waals surface area contributed by atoms with Crippen molar-refractivity contribution in [3.8, 4) is 0 Å². The highest BCUT2D eigenvalue weighted by molar-refractivity contribution is 7.11. The predicted octanol–water partition coefficient (Wildman–Crippen LogP) is 0.135. The monoisotopic (exact) mass is 213 g/mol. The molecule has 1 aliphatic rings. The largest absolute Gasteiger partial charge is 0.393 e. The Hall–Kier alpha value is -1.01. The molecule has 0 unspecified atom stereocenters. The van der Waals surface area contributed by atoms with Crippen LogP contribution in [-0.2, 0) is 0 Å². The van der Waals surface area contributed by atoms with Gasteiger partial charge in [-0.25, -0.2) is 0 Å². The lowest BCUT2D eigenvalue weighted by atomic mass is 10.1. The summed E-state index contributed by atoms with van der Waals surface area (Å²) >= 11 is 1.25. The van der Waals surface area contributed by atoms with Crippen LogP contribution in [0.4, 0.5) is 0 Å². The van der Waals surface area contributed by atoms with Gasteiger partial charge in [-0.15, -0.1) is 10.2 Å². The summed E-state index contributed by atoms with van der Waals surface area (Å²) in [6.07, 6.45) is 1.06. The van der Waals surface area contributed by atoms with Crippen molar-refractivity contribution in [1.29, 1.82) is 0 Å². The molecule has 5 nitrogen and oxygen atoms in total. The number of carbonyl (C=O) groups excluding carboxylic acids is 1. The van der Waals surface area contributed by atoms with Crippen LogP contribution in [0, 0.1) is 0 Å². The number of amides is 1. The van der Waals surface area contributed by atoms with E-state index in [0.29, 0.717) is 30.9 Å². The third-order valence-electron chi connectivity index (χ3n) is 2.29. The SMILES string of the molecule is O=C(c1nncs1)N1CCC(O)CC1. The third-order valence-corrected chi connectivity index (χ3v) is 2.97. The first kappa shape index (κ1) is 9.54. The summed E-state index contributed by atoms with van der Waals surface area (Å²) in [5, 5.41) is 17.1. The molecule has 0 saturated carbocycles. The summed E-state index contributed by atoms with van der Waals surface area (Å²) in [6, 6.07) is 0. The Morgan fingerprint density at radius 1 is 1.57 bits per heavy atom. The Balaban J connectivity index is 1.99. The highest BCUT2D eigenvalue weighted by Gasteiger charge is 2.23. The quantitative estimate of drug-likeness (QED) is 0.720. The van der Waals surface area contributed by atoms with Gasteiger partial charge in [0, 0.05) is 13.1 Å². The van der Waals surface area contributed by atoms with E-state index in [1.165, 1.54) is 11.3 Å². The van der Waals surface area contributed by atoms with Crippen molar-refractivity contribution in [1.82, 2.24) is 15.1 Å². The third kappa shape index (κ3) is 1.91. The lowest BCUT2D eigenvalue weighted by Crippen LogP contribution is -2.40. The van der Waals surface area contributed by atoms with Gasteiger partial charge < -0.3 is 10.0 Å². The Bertz CT molecular complexity index is 306. The van der Waals surface area contributed by atoms with Gasteiger partial charge in [0.25, 0.3) is 5.91 Å². The highest BCUT2D eigenvalue weighted by atomic mass is 32.1. The van der Waals surface area contributed by atoms with E-state index in [1.807, 2.05) is 0 Å². The average molecular weight is 213 g/mol. The minimum Gasteiger partial charge on any atom is -0.393 e. The maximum atomic E-state index is 11.7. The van der Waals surface area contributed by atoms with Gasteiger partial charge in [-0.2, -0.15) is 0 Å². The average Bonchev–Trinajstić information content (AvgIpc) is 2.71. The number of rotatable bonds is 1. The molecule has 0 aromatic carbocycles. The normalized spacial score (nSPS) is 18.5. The van der Waals surface area contributed by atoms with E-state index in [4.69, 9.17) is 0 Å². The number of carbonyl (C=O) groups is 1. The number of aliphatic hydroxyl groups is 1. The van der Waals surface area contributed by atoms with E-state index in [-0.39, 0.29) is 12.0 Å². The van der Waals surface area contributed by atoms with Gasteiger partial charge >= 0.3 is 0 Å². The molecule has 1 fully saturated rings. The lowest BCUT2D eigenvalue weighted by molar-refractivity contribution is 0.0545. The molecule has 0 aliphatic carbocycles. The molecule has 1 saturated heterocycles. The molecular formula is C8H11N3O2S. The van der Waals surface area contributed by atoms with Crippen LogP contribution in [0.5, 0.6) is 0 Å². The van der Waals surface area contributed by atoms with E-state index in [1.54, 1.807) is 10.4 Å². The van der Waals surface area contributed by atoms with Crippen molar-refractivity contribution < 1.29 is 9.90 Å². The molecule has 1 aromatic heterocycles. The van der Waals surface area contributed by atoms with Crippen LogP contribution in [0.2, 0.25) is 0 Å². The van der Waals surface area contributed by atoms with Crippen LogP contribution in [-0.4, -0.2) is 45.3 Å². The van der Waals surface area contributed by atoms with Crippen molar-refractivity contribution in [2.45, 2.75) is 18.9 Å². The molecule has 1 aliphatic heterocycles. The van der Waals surface area contributed by atoms with Crippen LogP contribution >= 0.6 is 11.3 Å². The molecule has 2 rings (SSSR count). The molecule has 0 spiro atoms. The van der Waals surface area contributed by atoms with Gasteiger partial charge in [0.2, 0.25) is 5.01 Å². The number of aliphatic hydroxyl groups excluding tert-OH is 1. The summed E-state index contributed by atoms with van der Waals surface area (Å²) in [5.74, 6) is -0.0700. The second kappa shape index (κ2) is 4.02. The second-order valence-corrected chi connectivity index (χ2v) is 4.10.